The van der Waals surface area contributed by atoms with Crippen molar-refractivity contribution in [2.45, 2.75) is 57.5 Å². The molecule has 2 aliphatic heterocycles. The Morgan fingerprint density at radius 3 is 2.67 bits per heavy atom. The summed E-state index contributed by atoms with van der Waals surface area (Å²) in [6.45, 7) is 2.82. The number of imidazole rings is 1. The van der Waals surface area contributed by atoms with Crippen LogP contribution in [0.2, 0.25) is 0 Å². The van der Waals surface area contributed by atoms with Crippen molar-refractivity contribution in [1.29, 1.82) is 0 Å². The Bertz CT molecular complexity index is 1490. The van der Waals surface area contributed by atoms with Crippen molar-refractivity contribution in [2.75, 3.05) is 19.7 Å². The number of benzene rings is 3. The van der Waals surface area contributed by atoms with Gasteiger partial charge in [0.05, 0.1) is 30.3 Å². The van der Waals surface area contributed by atoms with Gasteiger partial charge in [0, 0.05) is 36.7 Å². The number of hydrogen-bond acceptors (Lipinski definition) is 5. The molecule has 2 saturated heterocycles. The molecule has 2 fully saturated rings. The number of aromatic nitrogens is 2. The van der Waals surface area contributed by atoms with Crippen LogP contribution < -0.4 is 4.74 Å². The van der Waals surface area contributed by atoms with E-state index in [9.17, 15) is 14.3 Å². The van der Waals surface area contributed by atoms with Crippen LogP contribution in [-0.4, -0.2) is 51.3 Å². The molecule has 7 nitrogen and oxygen atoms in total. The Balaban J connectivity index is 1.13. The predicted octanol–water partition coefficient (Wildman–Crippen LogP) is 5.45. The Hall–Kier alpha value is -3.75. The molecule has 1 unspecified atom stereocenters. The number of aliphatic hydroxyl groups is 1. The fourth-order valence-electron chi connectivity index (χ4n) is 5.88. The van der Waals surface area contributed by atoms with Crippen LogP contribution in [0.1, 0.15) is 58.9 Å². The Labute approximate surface area is 233 Å². The van der Waals surface area contributed by atoms with Gasteiger partial charge >= 0.3 is 0 Å². The maximum atomic E-state index is 13.5. The Kier molecular flexibility index (Phi) is 7.80. The maximum absolute atomic E-state index is 13.5. The highest BCUT2D eigenvalue weighted by molar-refractivity contribution is 5.94. The minimum absolute atomic E-state index is 0.0577. The summed E-state index contributed by atoms with van der Waals surface area (Å²) in [5.74, 6) is 1.45. The van der Waals surface area contributed by atoms with E-state index in [0.29, 0.717) is 35.5 Å². The number of halogens is 1. The number of likely N-dealkylation sites (tertiary alicyclic amines) is 1. The summed E-state index contributed by atoms with van der Waals surface area (Å²) in [6.07, 6.45) is 4.07. The second kappa shape index (κ2) is 11.8. The molecule has 1 atom stereocenters. The van der Waals surface area contributed by atoms with Crippen molar-refractivity contribution in [3.63, 3.8) is 0 Å². The number of ether oxygens (including phenoxy) is 2. The van der Waals surface area contributed by atoms with Crippen molar-refractivity contribution in [2.24, 2.45) is 0 Å². The molecule has 0 aliphatic carbocycles. The molecule has 40 heavy (non-hydrogen) atoms. The summed E-state index contributed by atoms with van der Waals surface area (Å²) in [4.78, 5) is 20.3. The first-order chi connectivity index (χ1) is 19.6. The van der Waals surface area contributed by atoms with Gasteiger partial charge in [0.25, 0.3) is 5.91 Å². The smallest absolute Gasteiger partial charge is 0.253 e. The quantitative estimate of drug-likeness (QED) is 0.320. The van der Waals surface area contributed by atoms with Crippen molar-refractivity contribution in [3.8, 4) is 5.75 Å². The van der Waals surface area contributed by atoms with Gasteiger partial charge in [-0.25, -0.2) is 9.37 Å². The average Bonchev–Trinajstić information content (AvgIpc) is 3.64. The van der Waals surface area contributed by atoms with Gasteiger partial charge < -0.3 is 24.0 Å². The van der Waals surface area contributed by atoms with Gasteiger partial charge in [-0.1, -0.05) is 24.3 Å². The minimum Gasteiger partial charge on any atom is -0.489 e. The summed E-state index contributed by atoms with van der Waals surface area (Å²) < 4.78 is 27.6. The third-order valence-electron chi connectivity index (χ3n) is 8.00. The van der Waals surface area contributed by atoms with E-state index in [1.165, 1.54) is 12.1 Å². The lowest BCUT2D eigenvalue weighted by Crippen LogP contribution is -2.38. The number of rotatable bonds is 8. The van der Waals surface area contributed by atoms with E-state index in [0.717, 1.165) is 55.7 Å². The number of para-hydroxylation sites is 2. The van der Waals surface area contributed by atoms with Gasteiger partial charge in [-0.2, -0.15) is 0 Å². The summed E-state index contributed by atoms with van der Waals surface area (Å²) in [5, 5.41) is 9.94. The van der Waals surface area contributed by atoms with E-state index in [1.807, 2.05) is 11.0 Å². The van der Waals surface area contributed by atoms with Crippen LogP contribution in [-0.2, 0) is 24.5 Å². The van der Waals surface area contributed by atoms with E-state index in [4.69, 9.17) is 14.5 Å². The van der Waals surface area contributed by atoms with Crippen LogP contribution in [0.15, 0.2) is 66.7 Å². The molecule has 1 amide bonds. The van der Waals surface area contributed by atoms with E-state index in [2.05, 4.69) is 22.8 Å². The number of piperidine rings is 1. The molecule has 0 saturated carbocycles. The number of amides is 1. The second-order valence-electron chi connectivity index (χ2n) is 10.7. The first kappa shape index (κ1) is 26.5. The molecule has 1 aromatic heterocycles. The monoisotopic (exact) mass is 543 g/mol. The average molecular weight is 544 g/mol. The highest BCUT2D eigenvalue weighted by Crippen LogP contribution is 2.32. The normalized spacial score (nSPS) is 17.9. The summed E-state index contributed by atoms with van der Waals surface area (Å²) in [7, 11) is 0. The van der Waals surface area contributed by atoms with Gasteiger partial charge in [0.2, 0.25) is 0 Å². The van der Waals surface area contributed by atoms with Crippen molar-refractivity contribution < 1.29 is 23.8 Å². The zero-order valence-electron chi connectivity index (χ0n) is 22.5. The van der Waals surface area contributed by atoms with Gasteiger partial charge in [-0.3, -0.25) is 4.79 Å². The molecule has 3 heterocycles. The van der Waals surface area contributed by atoms with E-state index < -0.39 is 0 Å². The molecule has 6 rings (SSSR count). The molecule has 8 heteroatoms. The molecule has 0 bridgehead atoms. The zero-order valence-corrected chi connectivity index (χ0v) is 22.5. The zero-order chi connectivity index (χ0) is 27.5. The minimum atomic E-state index is -0.326. The Morgan fingerprint density at radius 1 is 1.05 bits per heavy atom. The molecule has 2 aliphatic rings. The topological polar surface area (TPSA) is 76.8 Å². The third kappa shape index (κ3) is 5.60. The lowest BCUT2D eigenvalue weighted by atomic mass is 9.95. The second-order valence-corrected chi connectivity index (χ2v) is 10.7. The number of aliphatic hydroxyl groups excluding tert-OH is 1. The Morgan fingerprint density at radius 2 is 1.90 bits per heavy atom. The van der Waals surface area contributed by atoms with Crippen molar-refractivity contribution in [3.05, 3.63) is 95.1 Å². The van der Waals surface area contributed by atoms with Gasteiger partial charge in [0.15, 0.2) is 0 Å². The van der Waals surface area contributed by atoms with Gasteiger partial charge in [0.1, 0.15) is 24.0 Å². The standard InChI is InChI=1S/C32H34FN3O4/c33-26-6-3-5-22(17-26)21-40-30-11-10-24(18-25(30)20-37)32(38)35-14-12-23(13-15-35)31-34-28-8-1-2-9-29(28)36(31)19-27-7-4-16-39-27/h1-3,5-6,8-11,17-18,23,27,37H,4,7,12-16,19-21H2. The molecule has 208 valence electrons. The highest BCUT2D eigenvalue weighted by Gasteiger charge is 2.29. The third-order valence-corrected chi connectivity index (χ3v) is 8.00. The maximum Gasteiger partial charge on any atom is 0.253 e. The number of carbonyl (C=O) groups excluding carboxylic acids is 1. The molecule has 4 aromatic rings. The SMILES string of the molecule is O=C(c1ccc(OCc2cccc(F)c2)c(CO)c1)N1CCC(c2nc3ccccc3n2CC2CCCO2)CC1. The summed E-state index contributed by atoms with van der Waals surface area (Å²) >= 11 is 0. The van der Waals surface area contributed by atoms with E-state index >= 15 is 0 Å². The van der Waals surface area contributed by atoms with Crippen molar-refractivity contribution >= 4 is 16.9 Å². The lowest BCUT2D eigenvalue weighted by Gasteiger charge is -2.32. The first-order valence-corrected chi connectivity index (χ1v) is 14.1. The molecular formula is C32H34FN3O4. The summed E-state index contributed by atoms with van der Waals surface area (Å²) in [5.41, 5.74) is 3.88. The molecule has 0 spiro atoms. The fourth-order valence-corrected chi connectivity index (χ4v) is 5.88. The first-order valence-electron chi connectivity index (χ1n) is 14.1. The van der Waals surface area contributed by atoms with Crippen LogP contribution >= 0.6 is 0 Å². The summed E-state index contributed by atoms with van der Waals surface area (Å²) in [6, 6.07) is 19.6. The number of carbonyl (C=O) groups is 1. The largest absolute Gasteiger partial charge is 0.489 e. The number of hydrogen-bond donors (Lipinski definition) is 1. The van der Waals surface area contributed by atoms with E-state index in [-0.39, 0.29) is 37.0 Å². The molecule has 1 N–H and O–H groups in total. The number of nitrogens with zero attached hydrogens (tertiary/aromatic N) is 3. The van der Waals surface area contributed by atoms with Crippen LogP contribution in [0.5, 0.6) is 5.75 Å². The number of fused-ring (bicyclic) bond motifs is 1. The van der Waals surface area contributed by atoms with E-state index in [1.54, 1.807) is 30.3 Å². The van der Waals surface area contributed by atoms with Crippen LogP contribution in [0.25, 0.3) is 11.0 Å². The molecular weight excluding hydrogens is 509 g/mol. The highest BCUT2D eigenvalue weighted by atomic mass is 19.1. The lowest BCUT2D eigenvalue weighted by molar-refractivity contribution is 0.0708. The fraction of sp³-hybridized carbons (Fsp3) is 0.375. The van der Waals surface area contributed by atoms with Crippen LogP contribution in [0.4, 0.5) is 4.39 Å². The molecule has 3 aromatic carbocycles. The van der Waals surface area contributed by atoms with Crippen LogP contribution in [0.3, 0.4) is 0 Å². The van der Waals surface area contributed by atoms with Gasteiger partial charge in [-0.15, -0.1) is 0 Å². The van der Waals surface area contributed by atoms with Crippen molar-refractivity contribution in [1.82, 2.24) is 14.5 Å². The van der Waals surface area contributed by atoms with Gasteiger partial charge in [-0.05, 0) is 73.7 Å². The van der Waals surface area contributed by atoms with Crippen LogP contribution in [0, 0.1) is 5.82 Å². The predicted molar refractivity (Wildman–Crippen MR) is 150 cm³/mol. The molecule has 0 radical (unpaired) electrons.